The Morgan fingerprint density at radius 1 is 1.37 bits per heavy atom. The van der Waals surface area contributed by atoms with Crippen LogP contribution in [0.25, 0.3) is 0 Å². The fraction of sp³-hybridized carbons (Fsp3) is 0.647. The van der Waals surface area contributed by atoms with Gasteiger partial charge >= 0.3 is 0 Å². The largest absolute Gasteiger partial charge is 0.497 e. The second-order valence-corrected chi connectivity index (χ2v) is 6.93. The number of hydrogen-bond donors (Lipinski definition) is 1. The lowest BCUT2D eigenvalue weighted by Gasteiger charge is -2.50. The molecule has 1 saturated carbocycles. The normalized spacial score (nSPS) is 26.9. The van der Waals surface area contributed by atoms with Crippen LogP contribution < -0.4 is 10.1 Å². The Kier molecular flexibility index (Phi) is 3.91. The van der Waals surface area contributed by atoms with Crippen molar-refractivity contribution in [2.24, 2.45) is 5.92 Å². The van der Waals surface area contributed by atoms with E-state index in [0.717, 1.165) is 18.2 Å². The van der Waals surface area contributed by atoms with Gasteiger partial charge in [-0.1, -0.05) is 19.1 Å². The number of nitrogens with one attached hydrogen (secondary N) is 1. The van der Waals surface area contributed by atoms with E-state index in [2.05, 4.69) is 51.2 Å². The summed E-state index contributed by atoms with van der Waals surface area (Å²) in [5.41, 5.74) is 1.87. The summed E-state index contributed by atoms with van der Waals surface area (Å²) in [7, 11) is 1.74. The zero-order chi connectivity index (χ0) is 14.1. The van der Waals surface area contributed by atoms with Crippen LogP contribution in [-0.2, 0) is 5.41 Å². The van der Waals surface area contributed by atoms with Crippen LogP contribution in [0.2, 0.25) is 0 Å². The van der Waals surface area contributed by atoms with Gasteiger partial charge in [0.1, 0.15) is 5.75 Å². The maximum absolute atomic E-state index is 5.38. The van der Waals surface area contributed by atoms with E-state index in [-0.39, 0.29) is 11.0 Å². The summed E-state index contributed by atoms with van der Waals surface area (Å²) in [5, 5.41) is 3.69. The number of hydrogen-bond acceptors (Lipinski definition) is 2. The zero-order valence-electron chi connectivity index (χ0n) is 12.9. The van der Waals surface area contributed by atoms with E-state index < -0.39 is 0 Å². The summed E-state index contributed by atoms with van der Waals surface area (Å²) in [6.07, 6.45) is 2.59. The lowest BCUT2D eigenvalue weighted by Crippen LogP contribution is -2.53. The SMILES string of the molecule is COc1cccc(C2(CNC(C)(C)C)CCC2C)c1. The van der Waals surface area contributed by atoms with E-state index in [1.165, 1.54) is 18.4 Å². The quantitative estimate of drug-likeness (QED) is 0.891. The number of methoxy groups -OCH3 is 1. The minimum atomic E-state index is 0.168. The van der Waals surface area contributed by atoms with Crippen molar-refractivity contribution in [3.63, 3.8) is 0 Å². The van der Waals surface area contributed by atoms with Crippen molar-refractivity contribution in [2.75, 3.05) is 13.7 Å². The fourth-order valence-corrected chi connectivity index (χ4v) is 2.93. The second kappa shape index (κ2) is 5.16. The van der Waals surface area contributed by atoms with E-state index in [1.807, 2.05) is 6.07 Å². The van der Waals surface area contributed by atoms with E-state index in [9.17, 15) is 0 Å². The van der Waals surface area contributed by atoms with Crippen LogP contribution in [0.3, 0.4) is 0 Å². The Hall–Kier alpha value is -1.02. The van der Waals surface area contributed by atoms with E-state index >= 15 is 0 Å². The summed E-state index contributed by atoms with van der Waals surface area (Å²) in [4.78, 5) is 0. The molecule has 0 aliphatic heterocycles. The van der Waals surface area contributed by atoms with Gasteiger partial charge in [0.15, 0.2) is 0 Å². The van der Waals surface area contributed by atoms with Crippen LogP contribution in [0.5, 0.6) is 5.75 Å². The maximum atomic E-state index is 5.38. The Morgan fingerprint density at radius 2 is 2.11 bits per heavy atom. The van der Waals surface area contributed by atoms with Crippen LogP contribution in [0, 0.1) is 5.92 Å². The van der Waals surface area contributed by atoms with Crippen molar-refractivity contribution in [1.82, 2.24) is 5.32 Å². The van der Waals surface area contributed by atoms with Gasteiger partial charge in [0.05, 0.1) is 7.11 Å². The Balaban J connectivity index is 2.24. The van der Waals surface area contributed by atoms with Gasteiger partial charge in [-0.3, -0.25) is 0 Å². The average molecular weight is 261 g/mol. The van der Waals surface area contributed by atoms with E-state index in [4.69, 9.17) is 4.74 Å². The minimum absolute atomic E-state index is 0.168. The summed E-state index contributed by atoms with van der Waals surface area (Å²) < 4.78 is 5.38. The van der Waals surface area contributed by atoms with Crippen molar-refractivity contribution in [2.45, 2.75) is 51.5 Å². The molecule has 2 unspecified atom stereocenters. The van der Waals surface area contributed by atoms with Gasteiger partial charge in [0.2, 0.25) is 0 Å². The summed E-state index contributed by atoms with van der Waals surface area (Å²) in [6, 6.07) is 8.60. The number of benzene rings is 1. The highest BCUT2D eigenvalue weighted by atomic mass is 16.5. The molecule has 2 heteroatoms. The minimum Gasteiger partial charge on any atom is -0.497 e. The molecule has 19 heavy (non-hydrogen) atoms. The number of rotatable bonds is 4. The zero-order valence-corrected chi connectivity index (χ0v) is 12.9. The Morgan fingerprint density at radius 3 is 2.58 bits per heavy atom. The van der Waals surface area contributed by atoms with Crippen LogP contribution in [-0.4, -0.2) is 19.2 Å². The van der Waals surface area contributed by atoms with Gasteiger partial charge in [-0.05, 0) is 57.2 Å². The van der Waals surface area contributed by atoms with Gasteiger partial charge in [-0.15, -0.1) is 0 Å². The van der Waals surface area contributed by atoms with Gasteiger partial charge in [0.25, 0.3) is 0 Å². The molecule has 0 amide bonds. The molecular weight excluding hydrogens is 234 g/mol. The van der Waals surface area contributed by atoms with Gasteiger partial charge < -0.3 is 10.1 Å². The highest BCUT2D eigenvalue weighted by molar-refractivity contribution is 5.36. The van der Waals surface area contributed by atoms with Crippen LogP contribution in [0.1, 0.15) is 46.1 Å². The van der Waals surface area contributed by atoms with Crippen molar-refractivity contribution >= 4 is 0 Å². The summed E-state index contributed by atoms with van der Waals surface area (Å²) in [5.74, 6) is 1.70. The molecule has 1 fully saturated rings. The molecule has 0 saturated heterocycles. The third kappa shape index (κ3) is 2.94. The summed E-state index contributed by atoms with van der Waals surface area (Å²) in [6.45, 7) is 10.1. The summed E-state index contributed by atoms with van der Waals surface area (Å²) >= 11 is 0. The molecule has 0 aromatic heterocycles. The molecule has 0 spiro atoms. The molecule has 1 aliphatic rings. The Bertz CT molecular complexity index is 435. The fourth-order valence-electron chi connectivity index (χ4n) is 2.93. The lowest BCUT2D eigenvalue weighted by atomic mass is 9.57. The van der Waals surface area contributed by atoms with Crippen LogP contribution in [0.4, 0.5) is 0 Å². The van der Waals surface area contributed by atoms with Crippen molar-refractivity contribution < 1.29 is 4.74 Å². The smallest absolute Gasteiger partial charge is 0.119 e. The monoisotopic (exact) mass is 261 g/mol. The second-order valence-electron chi connectivity index (χ2n) is 6.93. The molecule has 0 bridgehead atoms. The molecule has 1 N–H and O–H groups in total. The topological polar surface area (TPSA) is 21.3 Å². The van der Waals surface area contributed by atoms with Gasteiger partial charge in [0, 0.05) is 17.5 Å². The molecule has 1 aliphatic carbocycles. The third-order valence-corrected chi connectivity index (χ3v) is 4.55. The standard InChI is InChI=1S/C17H27NO/c1-13-9-10-17(13,12-18-16(2,3)4)14-7-6-8-15(11-14)19-5/h6-8,11,13,18H,9-10,12H2,1-5H3. The van der Waals surface area contributed by atoms with Crippen molar-refractivity contribution in [1.29, 1.82) is 0 Å². The highest BCUT2D eigenvalue weighted by Crippen LogP contribution is 2.49. The van der Waals surface area contributed by atoms with E-state index in [0.29, 0.717) is 0 Å². The first kappa shape index (κ1) is 14.4. The maximum Gasteiger partial charge on any atom is 0.119 e. The highest BCUT2D eigenvalue weighted by Gasteiger charge is 2.45. The van der Waals surface area contributed by atoms with E-state index in [1.54, 1.807) is 7.11 Å². The predicted molar refractivity (Wildman–Crippen MR) is 80.8 cm³/mol. The molecule has 0 heterocycles. The number of ether oxygens (including phenoxy) is 1. The molecule has 2 nitrogen and oxygen atoms in total. The molecule has 2 rings (SSSR count). The van der Waals surface area contributed by atoms with Crippen molar-refractivity contribution in [3.8, 4) is 5.75 Å². The third-order valence-electron chi connectivity index (χ3n) is 4.55. The first-order valence-corrected chi connectivity index (χ1v) is 7.27. The molecule has 2 atom stereocenters. The molecule has 1 aromatic carbocycles. The molecule has 106 valence electrons. The molecule has 0 radical (unpaired) electrons. The van der Waals surface area contributed by atoms with Gasteiger partial charge in [-0.2, -0.15) is 0 Å². The van der Waals surface area contributed by atoms with Crippen LogP contribution in [0.15, 0.2) is 24.3 Å². The predicted octanol–water partition coefficient (Wildman–Crippen LogP) is 3.75. The molecule has 1 aromatic rings. The van der Waals surface area contributed by atoms with Crippen LogP contribution >= 0.6 is 0 Å². The first-order chi connectivity index (χ1) is 8.87. The molecular formula is C17H27NO. The first-order valence-electron chi connectivity index (χ1n) is 7.27. The Labute approximate surface area is 117 Å². The lowest BCUT2D eigenvalue weighted by molar-refractivity contribution is 0.123. The average Bonchev–Trinajstić information content (AvgIpc) is 2.36. The van der Waals surface area contributed by atoms with Crippen molar-refractivity contribution in [3.05, 3.63) is 29.8 Å². The van der Waals surface area contributed by atoms with Gasteiger partial charge in [-0.25, -0.2) is 0 Å².